The average Bonchev–Trinajstić information content (AvgIpc) is 3.04. The standard InChI is InChI=1S/C20H26N6O/c1-16-14-17-4-2-3-5-18(17)26(16)9-8-23-20(27)25-12-10-24(11-13-25)19-15-21-6-7-22-19/h2-7,15-16H,8-14H2,1H3,(H,23,27). The number of carbonyl (C=O) groups excluding carboxylic acids is 1. The molecule has 1 aromatic heterocycles. The highest BCUT2D eigenvalue weighted by atomic mass is 16.2. The van der Waals surface area contributed by atoms with Gasteiger partial charge in [0.25, 0.3) is 0 Å². The molecule has 3 heterocycles. The second-order valence-electron chi connectivity index (χ2n) is 7.14. The quantitative estimate of drug-likeness (QED) is 0.893. The van der Waals surface area contributed by atoms with Gasteiger partial charge in [0.2, 0.25) is 0 Å². The second kappa shape index (κ2) is 7.82. The van der Waals surface area contributed by atoms with Crippen molar-refractivity contribution in [2.45, 2.75) is 19.4 Å². The van der Waals surface area contributed by atoms with E-state index >= 15 is 0 Å². The van der Waals surface area contributed by atoms with Crippen molar-refractivity contribution in [1.29, 1.82) is 0 Å². The molecule has 1 aromatic carbocycles. The molecule has 1 N–H and O–H groups in total. The molecule has 7 nitrogen and oxygen atoms in total. The third-order valence-electron chi connectivity index (χ3n) is 5.42. The van der Waals surface area contributed by atoms with Crippen LogP contribution in [0.4, 0.5) is 16.3 Å². The molecule has 1 saturated heterocycles. The first-order valence-corrected chi connectivity index (χ1v) is 9.60. The number of aromatic nitrogens is 2. The number of nitrogens with zero attached hydrogens (tertiary/aromatic N) is 5. The Hall–Kier alpha value is -2.83. The number of fused-ring (bicyclic) bond motifs is 1. The van der Waals surface area contributed by atoms with Crippen molar-refractivity contribution in [1.82, 2.24) is 20.2 Å². The molecule has 1 fully saturated rings. The molecular weight excluding hydrogens is 340 g/mol. The molecule has 1 atom stereocenters. The van der Waals surface area contributed by atoms with Crippen LogP contribution in [-0.4, -0.2) is 66.2 Å². The minimum Gasteiger partial charge on any atom is -0.367 e. The molecule has 0 aliphatic carbocycles. The topological polar surface area (TPSA) is 64.6 Å². The SMILES string of the molecule is CC1Cc2ccccc2N1CCNC(=O)N1CCN(c2cnccn2)CC1. The minimum atomic E-state index is 0.0222. The summed E-state index contributed by atoms with van der Waals surface area (Å²) < 4.78 is 0. The van der Waals surface area contributed by atoms with Crippen LogP contribution in [0.2, 0.25) is 0 Å². The molecule has 4 rings (SSSR count). The fourth-order valence-electron chi connectivity index (χ4n) is 3.96. The van der Waals surface area contributed by atoms with E-state index in [1.807, 2.05) is 4.90 Å². The Morgan fingerprint density at radius 2 is 2.00 bits per heavy atom. The van der Waals surface area contributed by atoms with Crippen LogP contribution in [0.1, 0.15) is 12.5 Å². The van der Waals surface area contributed by atoms with Gasteiger partial charge in [-0.25, -0.2) is 9.78 Å². The lowest BCUT2D eigenvalue weighted by Crippen LogP contribution is -2.53. The maximum Gasteiger partial charge on any atom is 0.317 e. The van der Waals surface area contributed by atoms with Crippen LogP contribution in [0, 0.1) is 0 Å². The predicted molar refractivity (Wildman–Crippen MR) is 106 cm³/mol. The van der Waals surface area contributed by atoms with Crippen molar-refractivity contribution in [3.63, 3.8) is 0 Å². The Balaban J connectivity index is 1.24. The monoisotopic (exact) mass is 366 g/mol. The molecule has 1 unspecified atom stereocenters. The molecule has 27 heavy (non-hydrogen) atoms. The summed E-state index contributed by atoms with van der Waals surface area (Å²) >= 11 is 0. The molecule has 0 saturated carbocycles. The number of hydrogen-bond donors (Lipinski definition) is 1. The molecule has 0 radical (unpaired) electrons. The zero-order valence-corrected chi connectivity index (χ0v) is 15.7. The van der Waals surface area contributed by atoms with E-state index in [0.717, 1.165) is 31.9 Å². The molecule has 2 aliphatic rings. The van der Waals surface area contributed by atoms with Crippen molar-refractivity contribution in [2.24, 2.45) is 0 Å². The fraction of sp³-hybridized carbons (Fsp3) is 0.450. The van der Waals surface area contributed by atoms with Crippen molar-refractivity contribution in [3.8, 4) is 0 Å². The van der Waals surface area contributed by atoms with Gasteiger partial charge >= 0.3 is 6.03 Å². The van der Waals surface area contributed by atoms with E-state index in [0.29, 0.717) is 25.7 Å². The number of benzene rings is 1. The number of para-hydroxylation sites is 1. The van der Waals surface area contributed by atoms with Crippen LogP contribution < -0.4 is 15.1 Å². The highest BCUT2D eigenvalue weighted by Gasteiger charge is 2.26. The van der Waals surface area contributed by atoms with Crippen LogP contribution in [0.3, 0.4) is 0 Å². The van der Waals surface area contributed by atoms with Crippen LogP contribution >= 0.6 is 0 Å². The lowest BCUT2D eigenvalue weighted by Gasteiger charge is -2.35. The maximum absolute atomic E-state index is 12.5. The van der Waals surface area contributed by atoms with E-state index in [1.165, 1.54) is 11.3 Å². The first-order chi connectivity index (χ1) is 13.2. The number of nitrogens with one attached hydrogen (secondary N) is 1. The summed E-state index contributed by atoms with van der Waals surface area (Å²) in [5.74, 6) is 0.874. The first-order valence-electron chi connectivity index (χ1n) is 9.60. The van der Waals surface area contributed by atoms with Gasteiger partial charge in [0.15, 0.2) is 0 Å². The summed E-state index contributed by atoms with van der Waals surface area (Å²) in [5, 5.41) is 3.08. The van der Waals surface area contributed by atoms with Gasteiger partial charge in [-0.2, -0.15) is 0 Å². The maximum atomic E-state index is 12.5. The van der Waals surface area contributed by atoms with Gasteiger partial charge in [-0.1, -0.05) is 18.2 Å². The molecular formula is C20H26N6O. The average molecular weight is 366 g/mol. The fourth-order valence-corrected chi connectivity index (χ4v) is 3.96. The van der Waals surface area contributed by atoms with Gasteiger partial charge in [0.05, 0.1) is 6.20 Å². The van der Waals surface area contributed by atoms with Crippen molar-refractivity contribution in [2.75, 3.05) is 49.1 Å². The number of rotatable bonds is 4. The van der Waals surface area contributed by atoms with Crippen molar-refractivity contribution >= 4 is 17.5 Å². The Morgan fingerprint density at radius 1 is 1.19 bits per heavy atom. The summed E-state index contributed by atoms with van der Waals surface area (Å²) in [7, 11) is 0. The van der Waals surface area contributed by atoms with E-state index < -0.39 is 0 Å². The Morgan fingerprint density at radius 3 is 2.78 bits per heavy atom. The van der Waals surface area contributed by atoms with E-state index in [4.69, 9.17) is 0 Å². The molecule has 0 spiro atoms. The highest BCUT2D eigenvalue weighted by Crippen LogP contribution is 2.31. The summed E-state index contributed by atoms with van der Waals surface area (Å²) in [4.78, 5) is 27.4. The number of piperazine rings is 1. The summed E-state index contributed by atoms with van der Waals surface area (Å²) in [5.41, 5.74) is 2.70. The lowest BCUT2D eigenvalue weighted by atomic mass is 10.1. The van der Waals surface area contributed by atoms with E-state index in [9.17, 15) is 4.79 Å². The van der Waals surface area contributed by atoms with Gasteiger partial charge in [-0.3, -0.25) is 4.98 Å². The Labute approximate surface area is 160 Å². The van der Waals surface area contributed by atoms with E-state index in [-0.39, 0.29) is 6.03 Å². The number of urea groups is 1. The summed E-state index contributed by atoms with van der Waals surface area (Å²) in [6.45, 7) is 6.70. The second-order valence-corrected chi connectivity index (χ2v) is 7.14. The van der Waals surface area contributed by atoms with E-state index in [1.54, 1.807) is 18.6 Å². The number of anilines is 2. The van der Waals surface area contributed by atoms with Crippen molar-refractivity contribution < 1.29 is 4.79 Å². The first kappa shape index (κ1) is 17.6. The zero-order chi connectivity index (χ0) is 18.6. The normalized spacial score (nSPS) is 19.1. The van der Waals surface area contributed by atoms with Gasteiger partial charge < -0.3 is 20.0 Å². The number of hydrogen-bond acceptors (Lipinski definition) is 5. The van der Waals surface area contributed by atoms with Gasteiger partial charge in [-0.15, -0.1) is 0 Å². The van der Waals surface area contributed by atoms with Gasteiger partial charge in [0.1, 0.15) is 5.82 Å². The molecule has 142 valence electrons. The van der Waals surface area contributed by atoms with E-state index in [2.05, 4.69) is 56.3 Å². The largest absolute Gasteiger partial charge is 0.367 e. The number of amides is 2. The van der Waals surface area contributed by atoms with Crippen LogP contribution in [0.5, 0.6) is 0 Å². The van der Waals surface area contributed by atoms with Gasteiger partial charge in [-0.05, 0) is 25.0 Å². The molecule has 2 amide bonds. The lowest BCUT2D eigenvalue weighted by molar-refractivity contribution is 0.194. The van der Waals surface area contributed by atoms with Gasteiger partial charge in [0, 0.05) is 63.4 Å². The Kier molecular flexibility index (Phi) is 5.09. The smallest absolute Gasteiger partial charge is 0.317 e. The van der Waals surface area contributed by atoms with Crippen LogP contribution in [0.25, 0.3) is 0 Å². The third kappa shape index (κ3) is 3.82. The van der Waals surface area contributed by atoms with Crippen LogP contribution in [-0.2, 0) is 6.42 Å². The molecule has 0 bridgehead atoms. The third-order valence-corrected chi connectivity index (χ3v) is 5.42. The van der Waals surface area contributed by atoms with Crippen LogP contribution in [0.15, 0.2) is 42.9 Å². The Bertz CT molecular complexity index is 775. The predicted octanol–water partition coefficient (Wildman–Crippen LogP) is 1.76. The summed E-state index contributed by atoms with van der Waals surface area (Å²) in [6.07, 6.45) is 6.22. The molecule has 2 aromatic rings. The zero-order valence-electron chi connectivity index (χ0n) is 15.7. The molecule has 2 aliphatic heterocycles. The minimum absolute atomic E-state index is 0.0222. The van der Waals surface area contributed by atoms with Crippen molar-refractivity contribution in [3.05, 3.63) is 48.4 Å². The highest BCUT2D eigenvalue weighted by molar-refractivity contribution is 5.74. The number of carbonyl (C=O) groups is 1. The summed E-state index contributed by atoms with van der Waals surface area (Å²) in [6, 6.07) is 9.05. The molecule has 7 heteroatoms.